The van der Waals surface area contributed by atoms with Crippen LogP contribution in [0.15, 0.2) is 21.1 Å². The Labute approximate surface area is 133 Å². The third-order valence-corrected chi connectivity index (χ3v) is 4.55. The molecule has 1 rings (SSSR count). The molecule has 0 radical (unpaired) electrons. The van der Waals surface area contributed by atoms with Crippen molar-refractivity contribution in [2.24, 2.45) is 0 Å². The second-order valence-corrected chi connectivity index (χ2v) is 7.35. The second-order valence-electron chi connectivity index (χ2n) is 3.73. The average molecular weight is 431 g/mol. The molecule has 0 unspecified atom stereocenters. The molecule has 0 heterocycles. The quantitative estimate of drug-likeness (QED) is 0.648. The zero-order valence-electron chi connectivity index (χ0n) is 10.5. The Kier molecular flexibility index (Phi) is 6.44. The molecule has 0 bridgehead atoms. The van der Waals surface area contributed by atoms with Gasteiger partial charge in [-0.2, -0.15) is 0 Å². The van der Waals surface area contributed by atoms with Gasteiger partial charge in [0.2, 0.25) is 10.0 Å². The number of rotatable bonds is 7. The van der Waals surface area contributed by atoms with Crippen molar-refractivity contribution < 1.29 is 23.1 Å². The molecule has 1 aromatic rings. The third kappa shape index (κ3) is 5.04. The summed E-state index contributed by atoms with van der Waals surface area (Å²) in [7, 11) is -3.68. The number of benzene rings is 1. The van der Waals surface area contributed by atoms with Gasteiger partial charge in [-0.15, -0.1) is 0 Å². The Hall–Kier alpha value is -0.640. The van der Waals surface area contributed by atoms with Crippen LogP contribution in [-0.4, -0.2) is 38.5 Å². The molecule has 0 atom stereocenters. The fraction of sp³-hybridized carbons (Fsp3) is 0.364. The molecule has 0 aliphatic carbocycles. The van der Waals surface area contributed by atoms with Crippen molar-refractivity contribution in [1.29, 1.82) is 0 Å². The maximum absolute atomic E-state index is 11.9. The van der Waals surface area contributed by atoms with Gasteiger partial charge >= 0.3 is 5.97 Å². The van der Waals surface area contributed by atoms with Crippen LogP contribution in [0.4, 0.5) is 5.69 Å². The zero-order chi connectivity index (χ0) is 15.3. The lowest BCUT2D eigenvalue weighted by Gasteiger charge is -2.13. The minimum atomic E-state index is -3.68. The van der Waals surface area contributed by atoms with Crippen molar-refractivity contribution in [2.45, 2.75) is 6.92 Å². The van der Waals surface area contributed by atoms with E-state index in [0.29, 0.717) is 15.6 Å². The van der Waals surface area contributed by atoms with Crippen LogP contribution in [0.25, 0.3) is 0 Å². The maximum Gasteiger partial charge on any atom is 0.337 e. The van der Waals surface area contributed by atoms with Gasteiger partial charge in [0.05, 0.1) is 23.6 Å². The molecule has 1 aromatic carbocycles. The number of nitrogens with one attached hydrogen (secondary N) is 1. The first-order chi connectivity index (χ1) is 9.26. The molecule has 0 aliphatic heterocycles. The SMILES string of the molecule is CCOCCS(=O)(=O)Nc1c(Br)cc(Br)cc1C(=O)O. The summed E-state index contributed by atoms with van der Waals surface area (Å²) >= 11 is 6.31. The van der Waals surface area contributed by atoms with E-state index < -0.39 is 16.0 Å². The summed E-state index contributed by atoms with van der Waals surface area (Å²) < 4.78 is 31.9. The fourth-order valence-electron chi connectivity index (χ4n) is 1.37. The number of halogens is 2. The lowest BCUT2D eigenvalue weighted by Crippen LogP contribution is -2.22. The molecule has 6 nitrogen and oxygen atoms in total. The van der Waals surface area contributed by atoms with Crippen LogP contribution in [0, 0.1) is 0 Å². The van der Waals surface area contributed by atoms with E-state index in [9.17, 15) is 13.2 Å². The molecule has 0 saturated carbocycles. The van der Waals surface area contributed by atoms with E-state index in [0.717, 1.165) is 0 Å². The number of anilines is 1. The molecule has 0 saturated heterocycles. The average Bonchev–Trinajstić information content (AvgIpc) is 2.32. The van der Waals surface area contributed by atoms with Crippen LogP contribution in [0.1, 0.15) is 17.3 Å². The predicted molar refractivity (Wildman–Crippen MR) is 82.7 cm³/mol. The number of carboxylic acids is 1. The Balaban J connectivity index is 3.05. The van der Waals surface area contributed by atoms with E-state index in [1.54, 1.807) is 13.0 Å². The number of sulfonamides is 1. The van der Waals surface area contributed by atoms with Gasteiger partial charge in [-0.25, -0.2) is 13.2 Å². The summed E-state index contributed by atoms with van der Waals surface area (Å²) in [4.78, 5) is 11.2. The topological polar surface area (TPSA) is 92.7 Å². The van der Waals surface area contributed by atoms with Gasteiger partial charge in [-0.05, 0) is 35.0 Å². The highest BCUT2D eigenvalue weighted by molar-refractivity contribution is 9.11. The molecule has 0 amide bonds. The standard InChI is InChI=1S/C11H13Br2NO5S/c1-2-19-3-4-20(17,18)14-10-8(11(15)16)5-7(12)6-9(10)13/h5-6,14H,2-4H2,1H3,(H,15,16). The van der Waals surface area contributed by atoms with Crippen molar-refractivity contribution >= 4 is 53.5 Å². The summed E-state index contributed by atoms with van der Waals surface area (Å²) in [6, 6.07) is 2.89. The molecule has 2 N–H and O–H groups in total. The number of carboxylic acid groups (broad SMARTS) is 1. The molecule has 0 spiro atoms. The van der Waals surface area contributed by atoms with Gasteiger partial charge < -0.3 is 9.84 Å². The number of hydrogen-bond donors (Lipinski definition) is 2. The van der Waals surface area contributed by atoms with E-state index in [2.05, 4.69) is 36.6 Å². The normalized spacial score (nSPS) is 11.3. The molecule has 112 valence electrons. The van der Waals surface area contributed by atoms with Crippen molar-refractivity contribution in [3.8, 4) is 0 Å². The van der Waals surface area contributed by atoms with E-state index in [1.807, 2.05) is 0 Å². The van der Waals surface area contributed by atoms with Gasteiger partial charge in [0.15, 0.2) is 0 Å². The molecule has 20 heavy (non-hydrogen) atoms. The van der Waals surface area contributed by atoms with Crippen LogP contribution in [0.2, 0.25) is 0 Å². The predicted octanol–water partition coefficient (Wildman–Crippen LogP) is 2.69. The summed E-state index contributed by atoms with van der Waals surface area (Å²) in [6.07, 6.45) is 0. The van der Waals surface area contributed by atoms with E-state index in [-0.39, 0.29) is 23.6 Å². The van der Waals surface area contributed by atoms with Crippen molar-refractivity contribution in [3.63, 3.8) is 0 Å². The molecule has 0 aliphatic rings. The van der Waals surface area contributed by atoms with Gasteiger partial charge in [0, 0.05) is 15.6 Å². The first kappa shape index (κ1) is 17.4. The van der Waals surface area contributed by atoms with Crippen molar-refractivity contribution in [2.75, 3.05) is 23.7 Å². The lowest BCUT2D eigenvalue weighted by molar-refractivity contribution is 0.0698. The second kappa shape index (κ2) is 7.39. The van der Waals surface area contributed by atoms with Gasteiger partial charge in [0.1, 0.15) is 0 Å². The fourth-order valence-corrected chi connectivity index (χ4v) is 3.79. The third-order valence-electron chi connectivity index (χ3n) is 2.24. The van der Waals surface area contributed by atoms with Crippen LogP contribution in [-0.2, 0) is 14.8 Å². The summed E-state index contributed by atoms with van der Waals surface area (Å²) in [6.45, 7) is 2.22. The summed E-state index contributed by atoms with van der Waals surface area (Å²) in [5, 5.41) is 9.12. The summed E-state index contributed by atoms with van der Waals surface area (Å²) in [5.74, 6) is -1.47. The Morgan fingerprint density at radius 1 is 1.40 bits per heavy atom. The molecule has 9 heteroatoms. The largest absolute Gasteiger partial charge is 0.478 e. The molecular formula is C11H13Br2NO5S. The Morgan fingerprint density at radius 2 is 2.05 bits per heavy atom. The smallest absolute Gasteiger partial charge is 0.337 e. The monoisotopic (exact) mass is 429 g/mol. The van der Waals surface area contributed by atoms with Crippen LogP contribution < -0.4 is 4.72 Å². The van der Waals surface area contributed by atoms with E-state index in [1.165, 1.54) is 6.07 Å². The first-order valence-corrected chi connectivity index (χ1v) is 8.81. The Morgan fingerprint density at radius 3 is 2.60 bits per heavy atom. The van der Waals surface area contributed by atoms with Gasteiger partial charge in [-0.1, -0.05) is 15.9 Å². The highest BCUT2D eigenvalue weighted by Gasteiger charge is 2.19. The minimum absolute atomic E-state index is 0.00259. The van der Waals surface area contributed by atoms with Crippen LogP contribution >= 0.6 is 31.9 Å². The Bertz CT molecular complexity index is 603. The van der Waals surface area contributed by atoms with Gasteiger partial charge in [0.25, 0.3) is 0 Å². The first-order valence-electron chi connectivity index (χ1n) is 5.57. The lowest BCUT2D eigenvalue weighted by atomic mass is 10.2. The van der Waals surface area contributed by atoms with E-state index >= 15 is 0 Å². The van der Waals surface area contributed by atoms with Crippen molar-refractivity contribution in [3.05, 3.63) is 26.6 Å². The molecule has 0 aromatic heterocycles. The highest BCUT2D eigenvalue weighted by Crippen LogP contribution is 2.31. The van der Waals surface area contributed by atoms with E-state index in [4.69, 9.17) is 9.84 Å². The van der Waals surface area contributed by atoms with Crippen LogP contribution in [0.3, 0.4) is 0 Å². The summed E-state index contributed by atoms with van der Waals surface area (Å²) in [5.41, 5.74) is -0.150. The zero-order valence-corrected chi connectivity index (χ0v) is 14.5. The highest BCUT2D eigenvalue weighted by atomic mass is 79.9. The number of ether oxygens (including phenoxy) is 1. The van der Waals surface area contributed by atoms with Crippen LogP contribution in [0.5, 0.6) is 0 Å². The van der Waals surface area contributed by atoms with Crippen molar-refractivity contribution in [1.82, 2.24) is 0 Å². The maximum atomic E-state index is 11.9. The molecule has 0 fully saturated rings. The number of carbonyl (C=O) groups is 1. The number of aromatic carboxylic acids is 1. The minimum Gasteiger partial charge on any atom is -0.478 e. The van der Waals surface area contributed by atoms with Gasteiger partial charge in [-0.3, -0.25) is 4.72 Å². The number of hydrogen-bond acceptors (Lipinski definition) is 4. The molecular weight excluding hydrogens is 418 g/mol.